The molecule has 1 aliphatic carbocycles. The third-order valence-corrected chi connectivity index (χ3v) is 3.13. The summed E-state index contributed by atoms with van der Waals surface area (Å²) in [6, 6.07) is 6.34. The monoisotopic (exact) mass is 264 g/mol. The molecule has 0 saturated heterocycles. The summed E-state index contributed by atoms with van der Waals surface area (Å²) in [4.78, 5) is 24.0. The first-order valence-corrected chi connectivity index (χ1v) is 6.25. The van der Waals surface area contributed by atoms with E-state index in [-0.39, 0.29) is 30.7 Å². The number of nitrogens with zero attached hydrogens (tertiary/aromatic N) is 2. The van der Waals surface area contributed by atoms with Crippen molar-refractivity contribution < 1.29 is 14.8 Å². The Morgan fingerprint density at radius 3 is 2.79 bits per heavy atom. The van der Waals surface area contributed by atoms with E-state index in [0.29, 0.717) is 12.1 Å². The van der Waals surface area contributed by atoms with Gasteiger partial charge in [-0.05, 0) is 18.4 Å². The normalized spacial score (nSPS) is 14.2. The summed E-state index contributed by atoms with van der Waals surface area (Å²) in [5.41, 5.74) is 0.619. The van der Waals surface area contributed by atoms with Crippen molar-refractivity contribution in [2.24, 2.45) is 0 Å². The summed E-state index contributed by atoms with van der Waals surface area (Å²) in [6.07, 6.45) is 2.08. The van der Waals surface area contributed by atoms with E-state index < -0.39 is 4.92 Å². The molecule has 0 aromatic heterocycles. The van der Waals surface area contributed by atoms with Crippen LogP contribution in [0.3, 0.4) is 0 Å². The molecular weight excluding hydrogens is 248 g/mol. The van der Waals surface area contributed by atoms with E-state index in [9.17, 15) is 14.9 Å². The van der Waals surface area contributed by atoms with Crippen LogP contribution in [-0.2, 0) is 11.2 Å². The van der Waals surface area contributed by atoms with Crippen molar-refractivity contribution in [3.05, 3.63) is 39.9 Å². The lowest BCUT2D eigenvalue weighted by molar-refractivity contribution is -0.384. The summed E-state index contributed by atoms with van der Waals surface area (Å²) >= 11 is 0. The summed E-state index contributed by atoms with van der Waals surface area (Å²) in [5.74, 6) is -0.0861. The van der Waals surface area contributed by atoms with Crippen LogP contribution in [0.1, 0.15) is 18.4 Å². The van der Waals surface area contributed by atoms with Gasteiger partial charge in [0.25, 0.3) is 5.69 Å². The molecule has 1 aromatic carbocycles. The number of benzene rings is 1. The van der Waals surface area contributed by atoms with Crippen LogP contribution in [0.25, 0.3) is 0 Å². The Morgan fingerprint density at radius 1 is 1.47 bits per heavy atom. The fourth-order valence-corrected chi connectivity index (χ4v) is 2.06. The van der Waals surface area contributed by atoms with Gasteiger partial charge in [-0.25, -0.2) is 0 Å². The van der Waals surface area contributed by atoms with Crippen LogP contribution >= 0.6 is 0 Å². The van der Waals surface area contributed by atoms with E-state index >= 15 is 0 Å². The highest BCUT2D eigenvalue weighted by atomic mass is 16.6. The van der Waals surface area contributed by atoms with Crippen molar-refractivity contribution in [3.8, 4) is 0 Å². The minimum Gasteiger partial charge on any atom is -0.395 e. The Hall–Kier alpha value is -1.95. The van der Waals surface area contributed by atoms with E-state index in [4.69, 9.17) is 5.11 Å². The van der Waals surface area contributed by atoms with E-state index in [2.05, 4.69) is 0 Å². The molecule has 0 atom stereocenters. The topological polar surface area (TPSA) is 83.7 Å². The number of nitro groups is 1. The molecule has 2 rings (SSSR count). The average molecular weight is 264 g/mol. The first kappa shape index (κ1) is 13.5. The molecule has 1 aliphatic rings. The highest BCUT2D eigenvalue weighted by molar-refractivity contribution is 5.79. The SMILES string of the molecule is O=C(Cc1cccc([N+](=O)[O-])c1)N(CCO)C1CC1. The number of non-ortho nitro benzene ring substituents is 1. The number of hydrogen-bond acceptors (Lipinski definition) is 4. The molecule has 1 N–H and O–H groups in total. The maximum atomic E-state index is 12.1. The lowest BCUT2D eigenvalue weighted by Gasteiger charge is -2.21. The maximum absolute atomic E-state index is 12.1. The minimum atomic E-state index is -0.472. The molecule has 0 unspecified atom stereocenters. The van der Waals surface area contributed by atoms with Gasteiger partial charge < -0.3 is 10.0 Å². The lowest BCUT2D eigenvalue weighted by Crippen LogP contribution is -2.36. The molecule has 1 fully saturated rings. The number of nitro benzene ring substituents is 1. The zero-order valence-electron chi connectivity index (χ0n) is 10.5. The molecule has 6 nitrogen and oxygen atoms in total. The van der Waals surface area contributed by atoms with Gasteiger partial charge in [-0.1, -0.05) is 12.1 Å². The van der Waals surface area contributed by atoms with Crippen LogP contribution < -0.4 is 0 Å². The number of aliphatic hydroxyl groups excluding tert-OH is 1. The van der Waals surface area contributed by atoms with Crippen molar-refractivity contribution in [2.45, 2.75) is 25.3 Å². The highest BCUT2D eigenvalue weighted by Crippen LogP contribution is 2.27. The summed E-state index contributed by atoms with van der Waals surface area (Å²) in [7, 11) is 0. The van der Waals surface area contributed by atoms with Gasteiger partial charge in [0.1, 0.15) is 0 Å². The van der Waals surface area contributed by atoms with Crippen molar-refractivity contribution in [1.82, 2.24) is 4.90 Å². The van der Waals surface area contributed by atoms with E-state index in [0.717, 1.165) is 12.8 Å². The zero-order chi connectivity index (χ0) is 13.8. The average Bonchev–Trinajstić information content (AvgIpc) is 3.20. The van der Waals surface area contributed by atoms with Gasteiger partial charge in [0.2, 0.25) is 5.91 Å². The van der Waals surface area contributed by atoms with E-state index in [1.807, 2.05) is 0 Å². The number of hydrogen-bond donors (Lipinski definition) is 1. The number of rotatable bonds is 6. The molecule has 0 bridgehead atoms. The van der Waals surface area contributed by atoms with Gasteiger partial charge in [0.05, 0.1) is 18.0 Å². The Kier molecular flexibility index (Phi) is 4.11. The summed E-state index contributed by atoms with van der Waals surface area (Å²) in [6.45, 7) is 0.273. The molecule has 0 radical (unpaired) electrons. The Morgan fingerprint density at radius 2 is 2.21 bits per heavy atom. The number of amides is 1. The van der Waals surface area contributed by atoms with Gasteiger partial charge in [-0.15, -0.1) is 0 Å². The van der Waals surface area contributed by atoms with Crippen LogP contribution in [0.5, 0.6) is 0 Å². The van der Waals surface area contributed by atoms with Crippen molar-refractivity contribution in [1.29, 1.82) is 0 Å². The highest BCUT2D eigenvalue weighted by Gasteiger charge is 2.31. The first-order chi connectivity index (χ1) is 9.11. The maximum Gasteiger partial charge on any atom is 0.269 e. The molecule has 102 valence electrons. The van der Waals surface area contributed by atoms with Crippen molar-refractivity contribution in [3.63, 3.8) is 0 Å². The van der Waals surface area contributed by atoms with Gasteiger partial charge in [0, 0.05) is 24.7 Å². The standard InChI is InChI=1S/C13H16N2O4/c16-7-6-14(11-4-5-11)13(17)9-10-2-1-3-12(8-10)15(18)19/h1-3,8,11,16H,4-7,9H2. The minimum absolute atomic E-state index is 0.00886. The fraction of sp³-hybridized carbons (Fsp3) is 0.462. The second-order valence-corrected chi connectivity index (χ2v) is 4.65. The molecular formula is C13H16N2O4. The van der Waals surface area contributed by atoms with E-state index in [1.54, 1.807) is 17.0 Å². The van der Waals surface area contributed by atoms with Crippen LogP contribution in [0, 0.1) is 10.1 Å². The molecule has 0 aliphatic heterocycles. The Bertz CT molecular complexity index is 485. The van der Waals surface area contributed by atoms with Gasteiger partial charge in [0.15, 0.2) is 0 Å². The zero-order valence-corrected chi connectivity index (χ0v) is 10.5. The number of carbonyl (C=O) groups excluding carboxylic acids is 1. The molecule has 1 aromatic rings. The quantitative estimate of drug-likeness (QED) is 0.616. The number of carbonyl (C=O) groups is 1. The van der Waals surface area contributed by atoms with Crippen LogP contribution in [0.15, 0.2) is 24.3 Å². The van der Waals surface area contributed by atoms with Crippen LogP contribution in [0.2, 0.25) is 0 Å². The van der Waals surface area contributed by atoms with Gasteiger partial charge in [-0.2, -0.15) is 0 Å². The molecule has 1 saturated carbocycles. The molecule has 19 heavy (non-hydrogen) atoms. The third-order valence-electron chi connectivity index (χ3n) is 3.13. The second-order valence-electron chi connectivity index (χ2n) is 4.65. The smallest absolute Gasteiger partial charge is 0.269 e. The second kappa shape index (κ2) is 5.79. The van der Waals surface area contributed by atoms with Crippen molar-refractivity contribution >= 4 is 11.6 Å². The summed E-state index contributed by atoms with van der Waals surface area (Å²) < 4.78 is 0. The molecule has 0 heterocycles. The summed E-state index contributed by atoms with van der Waals surface area (Å²) in [5, 5.41) is 19.6. The first-order valence-electron chi connectivity index (χ1n) is 6.25. The molecule has 1 amide bonds. The molecule has 0 spiro atoms. The van der Waals surface area contributed by atoms with Gasteiger partial charge in [-0.3, -0.25) is 14.9 Å². The van der Waals surface area contributed by atoms with Gasteiger partial charge >= 0.3 is 0 Å². The largest absolute Gasteiger partial charge is 0.395 e. The molecule has 6 heteroatoms. The lowest BCUT2D eigenvalue weighted by atomic mass is 10.1. The van der Waals surface area contributed by atoms with Crippen LogP contribution in [-0.4, -0.2) is 40.0 Å². The van der Waals surface area contributed by atoms with E-state index in [1.165, 1.54) is 12.1 Å². The third kappa shape index (κ3) is 3.51. The number of aliphatic hydroxyl groups is 1. The fourth-order valence-electron chi connectivity index (χ4n) is 2.06. The predicted molar refractivity (Wildman–Crippen MR) is 68.6 cm³/mol. The van der Waals surface area contributed by atoms with Crippen LogP contribution in [0.4, 0.5) is 5.69 Å². The Balaban J connectivity index is 2.04. The predicted octanol–water partition coefficient (Wildman–Crippen LogP) is 1.12. The van der Waals surface area contributed by atoms with Crippen molar-refractivity contribution in [2.75, 3.05) is 13.2 Å². The Labute approximate surface area is 110 Å².